The van der Waals surface area contributed by atoms with Crippen LogP contribution in [0, 0.1) is 3.57 Å². The lowest BCUT2D eigenvalue weighted by molar-refractivity contribution is 0.503. The summed E-state index contributed by atoms with van der Waals surface area (Å²) in [7, 11) is 0. The van der Waals surface area contributed by atoms with Crippen molar-refractivity contribution in [2.24, 2.45) is 0 Å². The summed E-state index contributed by atoms with van der Waals surface area (Å²) in [6.07, 6.45) is 2.31. The molecule has 4 aromatic rings. The van der Waals surface area contributed by atoms with E-state index in [1.165, 1.54) is 9.13 Å². The van der Waals surface area contributed by atoms with Crippen LogP contribution in [0.2, 0.25) is 0 Å². The highest BCUT2D eigenvalue weighted by molar-refractivity contribution is 14.1. The fraction of sp³-hybridized carbons (Fsp3) is 0.200. The molecule has 0 saturated carbocycles. The van der Waals surface area contributed by atoms with Crippen molar-refractivity contribution in [1.29, 1.82) is 0 Å². The third kappa shape index (κ3) is 3.86. The van der Waals surface area contributed by atoms with Crippen LogP contribution in [0.15, 0.2) is 78.9 Å². The molecule has 1 aliphatic heterocycles. The zero-order valence-corrected chi connectivity index (χ0v) is 18.3. The van der Waals surface area contributed by atoms with Crippen molar-refractivity contribution in [3.63, 3.8) is 0 Å². The molecule has 1 aliphatic rings. The zero-order valence-electron chi connectivity index (χ0n) is 16.1. The fourth-order valence-electron chi connectivity index (χ4n) is 4.19. The van der Waals surface area contributed by atoms with Crippen molar-refractivity contribution in [2.45, 2.75) is 18.8 Å². The molecule has 0 radical (unpaired) electrons. The highest BCUT2D eigenvalue weighted by atomic mass is 127. The predicted molar refractivity (Wildman–Crippen MR) is 128 cm³/mol. The molecule has 1 saturated heterocycles. The van der Waals surface area contributed by atoms with Crippen LogP contribution in [0.1, 0.15) is 24.3 Å². The third-order valence-corrected chi connectivity index (χ3v) is 6.41. The van der Waals surface area contributed by atoms with Crippen LogP contribution in [-0.2, 0) is 0 Å². The predicted octanol–water partition coefficient (Wildman–Crippen LogP) is 6.29. The lowest BCUT2D eigenvalue weighted by atomic mass is 9.89. The van der Waals surface area contributed by atoms with Crippen LogP contribution in [-0.4, -0.2) is 23.1 Å². The molecule has 3 aromatic carbocycles. The van der Waals surface area contributed by atoms with Gasteiger partial charge in [0, 0.05) is 27.6 Å². The van der Waals surface area contributed by atoms with E-state index in [9.17, 15) is 0 Å². The van der Waals surface area contributed by atoms with Crippen molar-refractivity contribution in [1.82, 2.24) is 9.97 Å². The summed E-state index contributed by atoms with van der Waals surface area (Å²) < 4.78 is 1.21. The van der Waals surface area contributed by atoms with E-state index in [0.29, 0.717) is 5.92 Å². The standard InChI is InChI=1S/C25H22IN3/c26-21-11-12-23-22(17-21)25(28-24(27-23)20-9-5-2-6-10-20)29-15-13-19(14-16-29)18-7-3-1-4-8-18/h1-12,17,19H,13-16H2. The highest BCUT2D eigenvalue weighted by Gasteiger charge is 2.23. The average molecular weight is 491 g/mol. The molecule has 5 rings (SSSR count). The maximum Gasteiger partial charge on any atom is 0.162 e. The van der Waals surface area contributed by atoms with Gasteiger partial charge in [0.2, 0.25) is 0 Å². The van der Waals surface area contributed by atoms with Crippen LogP contribution >= 0.6 is 22.6 Å². The Bertz CT molecular complexity index is 1120. The number of hydrogen-bond donors (Lipinski definition) is 0. The van der Waals surface area contributed by atoms with Gasteiger partial charge in [-0.25, -0.2) is 9.97 Å². The first-order chi connectivity index (χ1) is 14.3. The molecule has 0 bridgehead atoms. The second kappa shape index (κ2) is 8.11. The average Bonchev–Trinajstić information content (AvgIpc) is 2.80. The Labute approximate surface area is 185 Å². The molecule has 1 aromatic heterocycles. The number of aromatic nitrogens is 2. The van der Waals surface area contributed by atoms with E-state index in [-0.39, 0.29) is 0 Å². The Morgan fingerprint density at radius 1 is 0.793 bits per heavy atom. The van der Waals surface area contributed by atoms with Gasteiger partial charge in [0.05, 0.1) is 5.52 Å². The number of piperidine rings is 1. The number of anilines is 1. The maximum absolute atomic E-state index is 5.05. The molecule has 144 valence electrons. The van der Waals surface area contributed by atoms with Crippen LogP contribution in [0.4, 0.5) is 5.82 Å². The molecule has 0 N–H and O–H groups in total. The first-order valence-corrected chi connectivity index (χ1v) is 11.2. The smallest absolute Gasteiger partial charge is 0.162 e. The number of rotatable bonds is 3. The fourth-order valence-corrected chi connectivity index (χ4v) is 4.68. The molecule has 0 aliphatic carbocycles. The Hall–Kier alpha value is -2.47. The maximum atomic E-state index is 5.05. The van der Waals surface area contributed by atoms with Crippen LogP contribution in [0.3, 0.4) is 0 Å². The SMILES string of the molecule is Ic1ccc2nc(-c3ccccc3)nc(N3CCC(c4ccccc4)CC3)c2c1. The second-order valence-corrected chi connectivity index (χ2v) is 8.82. The normalized spacial score (nSPS) is 15.0. The van der Waals surface area contributed by atoms with E-state index in [0.717, 1.165) is 54.0 Å². The quantitative estimate of drug-likeness (QED) is 0.316. The number of fused-ring (bicyclic) bond motifs is 1. The number of benzene rings is 3. The molecule has 4 heteroatoms. The minimum atomic E-state index is 0.634. The lowest BCUT2D eigenvalue weighted by Gasteiger charge is -2.33. The lowest BCUT2D eigenvalue weighted by Crippen LogP contribution is -2.33. The van der Waals surface area contributed by atoms with Gasteiger partial charge >= 0.3 is 0 Å². The largest absolute Gasteiger partial charge is 0.356 e. The van der Waals surface area contributed by atoms with Crippen LogP contribution in [0.5, 0.6) is 0 Å². The first-order valence-electron chi connectivity index (χ1n) is 10.1. The minimum absolute atomic E-state index is 0.634. The summed E-state index contributed by atoms with van der Waals surface area (Å²) >= 11 is 2.37. The van der Waals surface area contributed by atoms with E-state index in [1.54, 1.807) is 0 Å². The summed E-state index contributed by atoms with van der Waals surface area (Å²) in [5, 5.41) is 1.15. The number of halogens is 1. The Morgan fingerprint density at radius 2 is 1.48 bits per heavy atom. The summed E-state index contributed by atoms with van der Waals surface area (Å²) in [5.41, 5.74) is 3.53. The van der Waals surface area contributed by atoms with Gasteiger partial charge in [-0.15, -0.1) is 0 Å². The van der Waals surface area contributed by atoms with Crippen molar-refractivity contribution in [2.75, 3.05) is 18.0 Å². The molecule has 0 spiro atoms. The summed E-state index contributed by atoms with van der Waals surface area (Å²) in [6.45, 7) is 2.04. The van der Waals surface area contributed by atoms with E-state index in [2.05, 4.69) is 88.2 Å². The van der Waals surface area contributed by atoms with Crippen molar-refractivity contribution >= 4 is 39.3 Å². The first kappa shape index (κ1) is 18.6. The zero-order chi connectivity index (χ0) is 19.6. The van der Waals surface area contributed by atoms with Crippen LogP contribution < -0.4 is 4.90 Å². The second-order valence-electron chi connectivity index (χ2n) is 7.57. The van der Waals surface area contributed by atoms with Crippen molar-refractivity contribution in [3.8, 4) is 11.4 Å². The van der Waals surface area contributed by atoms with Gasteiger partial charge in [-0.05, 0) is 65.1 Å². The number of nitrogens with zero attached hydrogens (tertiary/aromatic N) is 3. The molecule has 0 atom stereocenters. The van der Waals surface area contributed by atoms with Gasteiger partial charge in [0.1, 0.15) is 5.82 Å². The highest BCUT2D eigenvalue weighted by Crippen LogP contribution is 2.34. The molecular formula is C25H22IN3. The molecule has 2 heterocycles. The van der Waals surface area contributed by atoms with Gasteiger partial charge in [-0.3, -0.25) is 0 Å². The minimum Gasteiger partial charge on any atom is -0.356 e. The molecule has 1 fully saturated rings. The summed E-state index contributed by atoms with van der Waals surface area (Å²) in [5.74, 6) is 2.51. The summed E-state index contributed by atoms with van der Waals surface area (Å²) in [6, 6.07) is 27.6. The van der Waals surface area contributed by atoms with Gasteiger partial charge in [0.15, 0.2) is 5.82 Å². The third-order valence-electron chi connectivity index (χ3n) is 5.74. The monoisotopic (exact) mass is 491 g/mol. The van der Waals surface area contributed by atoms with E-state index >= 15 is 0 Å². The van der Waals surface area contributed by atoms with Crippen molar-refractivity contribution in [3.05, 3.63) is 88.0 Å². The topological polar surface area (TPSA) is 29.0 Å². The van der Waals surface area contributed by atoms with Gasteiger partial charge in [-0.2, -0.15) is 0 Å². The van der Waals surface area contributed by atoms with Gasteiger partial charge in [-0.1, -0.05) is 60.7 Å². The Balaban J connectivity index is 1.51. The van der Waals surface area contributed by atoms with E-state index in [1.807, 2.05) is 18.2 Å². The Kier molecular flexibility index (Phi) is 5.19. The molecule has 29 heavy (non-hydrogen) atoms. The molecule has 0 unspecified atom stereocenters. The number of hydrogen-bond acceptors (Lipinski definition) is 3. The van der Waals surface area contributed by atoms with Gasteiger partial charge < -0.3 is 4.90 Å². The van der Waals surface area contributed by atoms with E-state index in [4.69, 9.17) is 9.97 Å². The Morgan fingerprint density at radius 3 is 2.21 bits per heavy atom. The molecular weight excluding hydrogens is 469 g/mol. The van der Waals surface area contributed by atoms with Crippen molar-refractivity contribution < 1.29 is 0 Å². The summed E-state index contributed by atoms with van der Waals surface area (Å²) in [4.78, 5) is 12.4. The van der Waals surface area contributed by atoms with E-state index < -0.39 is 0 Å². The molecule has 0 amide bonds. The van der Waals surface area contributed by atoms with Crippen LogP contribution in [0.25, 0.3) is 22.3 Å². The van der Waals surface area contributed by atoms with Gasteiger partial charge in [0.25, 0.3) is 0 Å². The molecule has 3 nitrogen and oxygen atoms in total.